The Labute approximate surface area is 109 Å². The number of nitrogens with one attached hydrogen (secondary N) is 1. The van der Waals surface area contributed by atoms with Gasteiger partial charge in [0.05, 0.1) is 5.52 Å². The van der Waals surface area contributed by atoms with Crippen LogP contribution in [0.25, 0.3) is 10.2 Å². The van der Waals surface area contributed by atoms with Crippen molar-refractivity contribution in [3.63, 3.8) is 0 Å². The van der Waals surface area contributed by atoms with Crippen LogP contribution in [-0.2, 0) is 6.54 Å². The number of thiophene rings is 1. The summed E-state index contributed by atoms with van der Waals surface area (Å²) in [5.41, 5.74) is 0.839. The predicted octanol–water partition coefficient (Wildman–Crippen LogP) is 2.07. The van der Waals surface area contributed by atoms with Crippen molar-refractivity contribution in [2.75, 3.05) is 14.1 Å². The zero-order valence-corrected chi connectivity index (χ0v) is 11.7. The topological polar surface area (TPSA) is 41.0 Å². The molecule has 0 amide bonds. The minimum atomic E-state index is 0.00690. The summed E-state index contributed by atoms with van der Waals surface area (Å²) in [5, 5.41) is 1.90. The third-order valence-corrected chi connectivity index (χ3v) is 4.14. The van der Waals surface area contributed by atoms with Crippen LogP contribution in [-0.4, -0.2) is 34.6 Å². The maximum atomic E-state index is 12.2. The fraction of sp³-hybridized carbons (Fsp3) is 0.455. The SMILES string of the molecule is CC(Cn1c(=S)[nH]c2ccsc2c1=O)N(C)C. The lowest BCUT2D eigenvalue weighted by atomic mass is 10.3. The molecule has 0 aromatic carbocycles. The van der Waals surface area contributed by atoms with Crippen LogP contribution in [0.5, 0.6) is 0 Å². The van der Waals surface area contributed by atoms with Gasteiger partial charge in [-0.05, 0) is 44.7 Å². The summed E-state index contributed by atoms with van der Waals surface area (Å²) in [7, 11) is 3.98. The maximum Gasteiger partial charge on any atom is 0.272 e. The molecule has 2 aromatic heterocycles. The molecule has 1 N–H and O–H groups in total. The Balaban J connectivity index is 2.54. The second-order valence-electron chi connectivity index (χ2n) is 4.32. The molecule has 0 spiro atoms. The van der Waals surface area contributed by atoms with Crippen LogP contribution in [0.15, 0.2) is 16.2 Å². The first-order chi connectivity index (χ1) is 8.00. The Bertz CT molecular complexity index is 638. The van der Waals surface area contributed by atoms with Gasteiger partial charge in [0.15, 0.2) is 4.77 Å². The minimum absolute atomic E-state index is 0.00690. The first kappa shape index (κ1) is 12.5. The van der Waals surface area contributed by atoms with Crippen LogP contribution in [0.4, 0.5) is 0 Å². The van der Waals surface area contributed by atoms with E-state index in [1.165, 1.54) is 11.3 Å². The molecule has 2 rings (SSSR count). The van der Waals surface area contributed by atoms with Crippen molar-refractivity contribution in [2.45, 2.75) is 19.5 Å². The molecule has 0 saturated carbocycles. The Hall–Kier alpha value is -0.980. The fourth-order valence-corrected chi connectivity index (χ4v) is 2.63. The summed E-state index contributed by atoms with van der Waals surface area (Å²) in [4.78, 5) is 17.4. The molecule has 0 aliphatic carbocycles. The van der Waals surface area contributed by atoms with Gasteiger partial charge < -0.3 is 9.88 Å². The van der Waals surface area contributed by atoms with Crippen molar-refractivity contribution >= 4 is 33.8 Å². The Morgan fingerprint density at radius 2 is 2.29 bits per heavy atom. The van der Waals surface area contributed by atoms with E-state index in [1.54, 1.807) is 4.57 Å². The first-order valence-corrected chi connectivity index (χ1v) is 6.66. The van der Waals surface area contributed by atoms with Crippen LogP contribution >= 0.6 is 23.6 Å². The summed E-state index contributed by atoms with van der Waals surface area (Å²) in [6, 6.07) is 2.15. The molecule has 0 saturated heterocycles. The summed E-state index contributed by atoms with van der Waals surface area (Å²) in [6.07, 6.45) is 0. The zero-order valence-electron chi connectivity index (χ0n) is 10.1. The molecule has 0 aliphatic rings. The highest BCUT2D eigenvalue weighted by molar-refractivity contribution is 7.71. The smallest absolute Gasteiger partial charge is 0.272 e. The van der Waals surface area contributed by atoms with Crippen molar-refractivity contribution in [1.29, 1.82) is 0 Å². The van der Waals surface area contributed by atoms with Gasteiger partial charge in [0.1, 0.15) is 4.70 Å². The van der Waals surface area contributed by atoms with Gasteiger partial charge in [0, 0.05) is 12.6 Å². The van der Waals surface area contributed by atoms with Crippen LogP contribution in [0.2, 0.25) is 0 Å². The second-order valence-corrected chi connectivity index (χ2v) is 5.62. The minimum Gasteiger partial charge on any atom is -0.331 e. The van der Waals surface area contributed by atoms with E-state index in [4.69, 9.17) is 12.2 Å². The Kier molecular flexibility index (Phi) is 3.46. The number of rotatable bonds is 3. The highest BCUT2D eigenvalue weighted by Gasteiger charge is 2.11. The van der Waals surface area contributed by atoms with E-state index in [9.17, 15) is 4.79 Å². The molecular weight excluding hydrogens is 254 g/mol. The third-order valence-electron chi connectivity index (χ3n) is 2.92. The quantitative estimate of drug-likeness (QED) is 0.867. The summed E-state index contributed by atoms with van der Waals surface area (Å²) < 4.78 is 2.87. The molecule has 92 valence electrons. The highest BCUT2D eigenvalue weighted by Crippen LogP contribution is 2.14. The molecule has 17 heavy (non-hydrogen) atoms. The summed E-state index contributed by atoms with van der Waals surface area (Å²) in [6.45, 7) is 2.68. The number of fused-ring (bicyclic) bond motifs is 1. The van der Waals surface area contributed by atoms with Crippen LogP contribution in [0, 0.1) is 4.77 Å². The van der Waals surface area contributed by atoms with E-state index in [2.05, 4.69) is 16.8 Å². The number of H-pyrrole nitrogens is 1. The Morgan fingerprint density at radius 1 is 1.59 bits per heavy atom. The van der Waals surface area contributed by atoms with Crippen molar-refractivity contribution < 1.29 is 0 Å². The molecule has 4 nitrogen and oxygen atoms in total. The number of aromatic amines is 1. The average Bonchev–Trinajstić information content (AvgIpc) is 2.71. The summed E-state index contributed by atoms with van der Waals surface area (Å²) in [5.74, 6) is 0. The highest BCUT2D eigenvalue weighted by atomic mass is 32.1. The van der Waals surface area contributed by atoms with Crippen molar-refractivity contribution in [1.82, 2.24) is 14.5 Å². The van der Waals surface area contributed by atoms with Gasteiger partial charge >= 0.3 is 0 Å². The van der Waals surface area contributed by atoms with E-state index >= 15 is 0 Å². The van der Waals surface area contributed by atoms with Crippen LogP contribution in [0.1, 0.15) is 6.92 Å². The van der Waals surface area contributed by atoms with Gasteiger partial charge in [-0.25, -0.2) is 0 Å². The molecule has 1 atom stereocenters. The third kappa shape index (κ3) is 2.34. The largest absolute Gasteiger partial charge is 0.331 e. The predicted molar refractivity (Wildman–Crippen MR) is 74.4 cm³/mol. The number of hydrogen-bond acceptors (Lipinski definition) is 4. The average molecular weight is 269 g/mol. The van der Waals surface area contributed by atoms with Crippen molar-refractivity contribution in [2.24, 2.45) is 0 Å². The molecule has 0 aliphatic heterocycles. The van der Waals surface area contributed by atoms with E-state index in [0.717, 1.165) is 10.2 Å². The zero-order chi connectivity index (χ0) is 12.6. The van der Waals surface area contributed by atoms with Crippen molar-refractivity contribution in [3.05, 3.63) is 26.6 Å². The first-order valence-electron chi connectivity index (χ1n) is 5.37. The standard InChI is InChI=1S/C11H15N3OS2/c1-7(13(2)3)6-14-10(15)9-8(4-5-17-9)12-11(14)16/h4-5,7H,6H2,1-3H3,(H,12,16). The lowest BCUT2D eigenvalue weighted by molar-refractivity contribution is 0.280. The molecule has 0 radical (unpaired) electrons. The van der Waals surface area contributed by atoms with E-state index < -0.39 is 0 Å². The van der Waals surface area contributed by atoms with Gasteiger partial charge in [-0.2, -0.15) is 0 Å². The van der Waals surface area contributed by atoms with Gasteiger partial charge in [0.2, 0.25) is 0 Å². The van der Waals surface area contributed by atoms with E-state index in [1.807, 2.05) is 25.5 Å². The van der Waals surface area contributed by atoms with Gasteiger partial charge in [-0.3, -0.25) is 9.36 Å². The summed E-state index contributed by atoms with van der Waals surface area (Å²) >= 11 is 6.68. The molecule has 2 aromatic rings. The number of aromatic nitrogens is 2. The molecule has 1 unspecified atom stereocenters. The second kappa shape index (κ2) is 4.72. The Morgan fingerprint density at radius 3 is 2.94 bits per heavy atom. The fourth-order valence-electron chi connectivity index (χ4n) is 1.56. The van der Waals surface area contributed by atoms with E-state index in [-0.39, 0.29) is 11.6 Å². The molecule has 2 heterocycles. The number of hydrogen-bond donors (Lipinski definition) is 1. The lowest BCUT2D eigenvalue weighted by Crippen LogP contribution is -2.34. The lowest BCUT2D eigenvalue weighted by Gasteiger charge is -2.20. The maximum absolute atomic E-state index is 12.2. The van der Waals surface area contributed by atoms with E-state index in [0.29, 0.717) is 11.3 Å². The van der Waals surface area contributed by atoms with Crippen molar-refractivity contribution in [3.8, 4) is 0 Å². The molecular formula is C11H15N3OS2. The van der Waals surface area contributed by atoms with Gasteiger partial charge in [0.25, 0.3) is 5.56 Å². The van der Waals surface area contributed by atoms with Crippen LogP contribution < -0.4 is 5.56 Å². The number of nitrogens with zero attached hydrogens (tertiary/aromatic N) is 2. The van der Waals surface area contributed by atoms with Gasteiger partial charge in [-0.15, -0.1) is 11.3 Å². The molecule has 0 bridgehead atoms. The number of likely N-dealkylation sites (N-methyl/N-ethyl adjacent to an activating group) is 1. The normalized spacial score (nSPS) is 13.4. The van der Waals surface area contributed by atoms with Crippen LogP contribution in [0.3, 0.4) is 0 Å². The monoisotopic (exact) mass is 269 g/mol. The molecule has 0 fully saturated rings. The molecule has 6 heteroatoms. The van der Waals surface area contributed by atoms with Gasteiger partial charge in [-0.1, -0.05) is 0 Å².